The second-order valence-electron chi connectivity index (χ2n) is 13.9. The van der Waals surface area contributed by atoms with E-state index in [1.165, 1.54) is 16.7 Å². The summed E-state index contributed by atoms with van der Waals surface area (Å²) in [4.78, 5) is 42.5. The number of nitrogens with two attached hydrogens (primary N) is 2. The van der Waals surface area contributed by atoms with Crippen molar-refractivity contribution in [2.45, 2.75) is 64.2 Å². The maximum absolute atomic E-state index is 12.8. The lowest BCUT2D eigenvalue weighted by Crippen LogP contribution is -2.23. The van der Waals surface area contributed by atoms with Gasteiger partial charge in [0, 0.05) is 24.0 Å². The first-order valence-electron chi connectivity index (χ1n) is 18.3. The molecule has 8 nitrogen and oxygen atoms in total. The van der Waals surface area contributed by atoms with E-state index in [1.54, 1.807) is 0 Å². The monoisotopic (exact) mass is 710 g/mol. The predicted molar refractivity (Wildman–Crippen MR) is 212 cm³/mol. The van der Waals surface area contributed by atoms with Gasteiger partial charge in [0.1, 0.15) is 0 Å². The van der Waals surface area contributed by atoms with Crippen molar-refractivity contribution in [3.8, 4) is 11.8 Å². The molecule has 0 saturated heterocycles. The molecule has 0 spiro atoms. The van der Waals surface area contributed by atoms with E-state index >= 15 is 0 Å². The summed E-state index contributed by atoms with van der Waals surface area (Å²) in [6, 6.07) is 36.9. The van der Waals surface area contributed by atoms with Crippen molar-refractivity contribution in [3.63, 3.8) is 0 Å². The Kier molecular flexibility index (Phi) is 10.7. The summed E-state index contributed by atoms with van der Waals surface area (Å²) in [6.45, 7) is 3.65. The molecule has 0 aliphatic heterocycles. The van der Waals surface area contributed by atoms with E-state index in [1.807, 2.05) is 68.4 Å². The first-order valence-corrected chi connectivity index (χ1v) is 18.3. The fourth-order valence-electron chi connectivity index (χ4n) is 7.75. The molecule has 54 heavy (non-hydrogen) atoms. The van der Waals surface area contributed by atoms with Gasteiger partial charge in [0.15, 0.2) is 11.6 Å². The predicted octanol–water partition coefficient (Wildman–Crippen LogP) is 7.74. The SMILES string of the molecule is Cc1nc(N)nc2c1C(=O)CC(c1ccccc1C#Cc1ccccc1)C2.Cc1nc(N)nc2c1C(=O)CC(c1ccccc1CCc1ccccc1)C2. The Bertz CT molecular complexity index is 2400. The lowest BCUT2D eigenvalue weighted by atomic mass is 9.79. The molecule has 2 aromatic heterocycles. The number of benzene rings is 4. The van der Waals surface area contributed by atoms with Crippen LogP contribution in [0.3, 0.4) is 0 Å². The molecule has 0 bridgehead atoms. The molecule has 0 amide bonds. The Morgan fingerprint density at radius 3 is 1.67 bits per heavy atom. The number of hydrogen-bond acceptors (Lipinski definition) is 8. The van der Waals surface area contributed by atoms with Crippen LogP contribution in [-0.2, 0) is 25.7 Å². The van der Waals surface area contributed by atoms with Crippen LogP contribution in [0.25, 0.3) is 0 Å². The molecule has 4 N–H and O–H groups in total. The number of rotatable bonds is 5. The summed E-state index contributed by atoms with van der Waals surface area (Å²) >= 11 is 0. The molecule has 268 valence electrons. The average Bonchev–Trinajstić information content (AvgIpc) is 3.16. The number of fused-ring (bicyclic) bond motifs is 2. The van der Waals surface area contributed by atoms with E-state index < -0.39 is 0 Å². The van der Waals surface area contributed by atoms with Crippen LogP contribution in [0.4, 0.5) is 11.9 Å². The second-order valence-corrected chi connectivity index (χ2v) is 13.9. The zero-order valence-electron chi connectivity index (χ0n) is 30.5. The molecule has 2 aliphatic rings. The Morgan fingerprint density at radius 1 is 0.556 bits per heavy atom. The number of ketones is 2. The summed E-state index contributed by atoms with van der Waals surface area (Å²) < 4.78 is 0. The lowest BCUT2D eigenvalue weighted by Gasteiger charge is -2.26. The maximum Gasteiger partial charge on any atom is 0.220 e. The van der Waals surface area contributed by atoms with E-state index in [-0.39, 0.29) is 35.3 Å². The van der Waals surface area contributed by atoms with Gasteiger partial charge in [-0.15, -0.1) is 0 Å². The molecular formula is C46H42N6O2. The third-order valence-electron chi connectivity index (χ3n) is 10.2. The Hall–Kier alpha value is -6.46. The van der Waals surface area contributed by atoms with Crippen LogP contribution in [-0.4, -0.2) is 31.5 Å². The number of aryl methyl sites for hydroxylation is 4. The van der Waals surface area contributed by atoms with Gasteiger partial charge < -0.3 is 11.5 Å². The molecule has 2 aliphatic carbocycles. The van der Waals surface area contributed by atoms with Gasteiger partial charge in [-0.05, 0) is 91.8 Å². The van der Waals surface area contributed by atoms with Gasteiger partial charge in [-0.1, -0.05) is 103 Å². The van der Waals surface area contributed by atoms with Gasteiger partial charge in [0.25, 0.3) is 0 Å². The van der Waals surface area contributed by atoms with Gasteiger partial charge in [-0.3, -0.25) is 9.59 Å². The molecule has 0 fully saturated rings. The number of anilines is 2. The highest BCUT2D eigenvalue weighted by molar-refractivity contribution is 6.00. The number of carbonyl (C=O) groups is 2. The van der Waals surface area contributed by atoms with Crippen molar-refractivity contribution in [2.75, 3.05) is 11.5 Å². The standard InChI is InChI=1S/C23H23N3O.C23H19N3O/c2*1-15-22-20(26-23(24)25-15)13-18(14-21(22)27)19-10-6-5-9-17(19)12-11-16-7-3-2-4-8-16/h2-10,18H,11-14H2,1H3,(H2,24,25,26);2-10,18H,13-14H2,1H3,(H2,24,25,26). The van der Waals surface area contributed by atoms with Crippen LogP contribution in [0.1, 0.15) is 102 Å². The van der Waals surface area contributed by atoms with Gasteiger partial charge in [0.2, 0.25) is 11.9 Å². The number of Topliss-reactive ketones (excluding diaryl/α,β-unsaturated/α-hetero) is 2. The quantitative estimate of drug-likeness (QED) is 0.173. The second kappa shape index (κ2) is 16.1. The molecule has 6 aromatic rings. The molecule has 2 atom stereocenters. The van der Waals surface area contributed by atoms with Crippen molar-refractivity contribution in [2.24, 2.45) is 0 Å². The zero-order valence-corrected chi connectivity index (χ0v) is 30.5. The number of nitrogen functional groups attached to an aromatic ring is 2. The van der Waals surface area contributed by atoms with Crippen LogP contribution in [0.15, 0.2) is 109 Å². The van der Waals surface area contributed by atoms with Crippen LogP contribution in [0.2, 0.25) is 0 Å². The summed E-state index contributed by atoms with van der Waals surface area (Å²) in [5, 5.41) is 0. The fourth-order valence-corrected chi connectivity index (χ4v) is 7.75. The van der Waals surface area contributed by atoms with E-state index in [4.69, 9.17) is 11.5 Å². The number of carbonyl (C=O) groups excluding carboxylic acids is 2. The van der Waals surface area contributed by atoms with Crippen LogP contribution < -0.4 is 11.5 Å². The van der Waals surface area contributed by atoms with E-state index in [9.17, 15) is 9.59 Å². The van der Waals surface area contributed by atoms with E-state index in [0.717, 1.165) is 47.3 Å². The fraction of sp³-hybridized carbons (Fsp3) is 0.217. The minimum absolute atomic E-state index is 0.0416. The van der Waals surface area contributed by atoms with Crippen LogP contribution in [0, 0.1) is 25.7 Å². The molecule has 2 unspecified atom stereocenters. The maximum atomic E-state index is 12.8. The lowest BCUT2D eigenvalue weighted by molar-refractivity contribution is 0.0953. The third kappa shape index (κ3) is 8.11. The van der Waals surface area contributed by atoms with Gasteiger partial charge in [-0.2, -0.15) is 0 Å². The summed E-state index contributed by atoms with van der Waals surface area (Å²) in [5.41, 5.74) is 22.7. The first kappa shape index (κ1) is 35.9. The van der Waals surface area contributed by atoms with Crippen LogP contribution >= 0.6 is 0 Å². The first-order chi connectivity index (χ1) is 26.2. The molecular weight excluding hydrogens is 669 g/mol. The highest BCUT2D eigenvalue weighted by Crippen LogP contribution is 2.36. The largest absolute Gasteiger partial charge is 0.368 e. The minimum Gasteiger partial charge on any atom is -0.368 e. The van der Waals surface area contributed by atoms with Crippen molar-refractivity contribution < 1.29 is 9.59 Å². The Morgan fingerprint density at radius 2 is 1.06 bits per heavy atom. The van der Waals surface area contributed by atoms with E-state index in [0.29, 0.717) is 41.8 Å². The molecule has 0 radical (unpaired) electrons. The minimum atomic E-state index is 0.0416. The van der Waals surface area contributed by atoms with Crippen molar-refractivity contribution >= 4 is 23.5 Å². The third-order valence-corrected chi connectivity index (χ3v) is 10.2. The van der Waals surface area contributed by atoms with E-state index in [2.05, 4.69) is 86.4 Å². The van der Waals surface area contributed by atoms with Gasteiger partial charge in [-0.25, -0.2) is 19.9 Å². The molecule has 8 rings (SSSR count). The van der Waals surface area contributed by atoms with Gasteiger partial charge in [0.05, 0.1) is 33.9 Å². The highest BCUT2D eigenvalue weighted by Gasteiger charge is 2.32. The van der Waals surface area contributed by atoms with Crippen molar-refractivity contribution in [1.82, 2.24) is 19.9 Å². The summed E-state index contributed by atoms with van der Waals surface area (Å²) in [6.07, 6.45) is 4.29. The van der Waals surface area contributed by atoms with Crippen molar-refractivity contribution in [1.29, 1.82) is 0 Å². The average molecular weight is 711 g/mol. The zero-order chi connectivity index (χ0) is 37.6. The molecule has 8 heteroatoms. The molecule has 4 aromatic carbocycles. The topological polar surface area (TPSA) is 138 Å². The highest BCUT2D eigenvalue weighted by atomic mass is 16.1. The van der Waals surface area contributed by atoms with Crippen molar-refractivity contribution in [3.05, 3.63) is 176 Å². The Labute approximate surface area is 316 Å². The summed E-state index contributed by atoms with van der Waals surface area (Å²) in [5.74, 6) is 7.33. The molecule has 0 saturated carbocycles. The normalized spacial score (nSPS) is 15.9. The smallest absolute Gasteiger partial charge is 0.220 e. The Balaban J connectivity index is 0.000000167. The number of aromatic nitrogens is 4. The van der Waals surface area contributed by atoms with Crippen LogP contribution in [0.5, 0.6) is 0 Å². The molecule has 2 heterocycles. The summed E-state index contributed by atoms with van der Waals surface area (Å²) in [7, 11) is 0. The van der Waals surface area contributed by atoms with Gasteiger partial charge >= 0.3 is 0 Å². The number of nitrogens with zero attached hydrogens (tertiary/aromatic N) is 4. The number of hydrogen-bond donors (Lipinski definition) is 2.